The van der Waals surface area contributed by atoms with Gasteiger partial charge in [0, 0.05) is 18.4 Å². The van der Waals surface area contributed by atoms with Crippen LogP contribution in [-0.2, 0) is 0 Å². The number of fused-ring (bicyclic) bond motifs is 1. The van der Waals surface area contributed by atoms with Crippen LogP contribution in [0.1, 0.15) is 51.1 Å². The first-order valence-corrected chi connectivity index (χ1v) is 9.33. The molecule has 0 saturated heterocycles. The molecule has 0 aliphatic heterocycles. The predicted molar refractivity (Wildman–Crippen MR) is 102 cm³/mol. The van der Waals surface area contributed by atoms with E-state index in [1.165, 1.54) is 34.4 Å². The second-order valence-electron chi connectivity index (χ2n) is 7.39. The summed E-state index contributed by atoms with van der Waals surface area (Å²) in [7, 11) is 0. The molecule has 0 spiro atoms. The van der Waals surface area contributed by atoms with E-state index in [0.717, 1.165) is 6.42 Å². The third-order valence-corrected chi connectivity index (χ3v) is 5.94. The van der Waals surface area contributed by atoms with Crippen LogP contribution in [0.5, 0.6) is 0 Å². The summed E-state index contributed by atoms with van der Waals surface area (Å²) < 4.78 is 5.01. The first-order valence-electron chi connectivity index (χ1n) is 9.33. The van der Waals surface area contributed by atoms with Crippen molar-refractivity contribution in [2.75, 3.05) is 6.54 Å². The van der Waals surface area contributed by atoms with Gasteiger partial charge in [0.15, 0.2) is 5.76 Å². The third kappa shape index (κ3) is 2.52. The van der Waals surface area contributed by atoms with Crippen LogP contribution >= 0.6 is 0 Å². The van der Waals surface area contributed by atoms with Gasteiger partial charge in [0.1, 0.15) is 4.92 Å². The van der Waals surface area contributed by atoms with Crippen molar-refractivity contribution in [1.82, 2.24) is 5.32 Å². The molecular weight excluding hydrogens is 356 g/mol. The molecule has 6 nitrogen and oxygen atoms in total. The summed E-state index contributed by atoms with van der Waals surface area (Å²) in [5, 5.41) is 13.7. The molecule has 1 unspecified atom stereocenters. The molecule has 3 aromatic rings. The molecule has 6 heteroatoms. The highest BCUT2D eigenvalue weighted by Crippen LogP contribution is 2.55. The van der Waals surface area contributed by atoms with Gasteiger partial charge in [-0.2, -0.15) is 0 Å². The van der Waals surface area contributed by atoms with Crippen LogP contribution in [0, 0.1) is 16.0 Å². The standard InChI is InChI=1S/C22H18N2O4/c25-22(19-9-10-20(28-19)24(26)27)23-12-13-11-18-14-5-1-3-7-16(14)21(13)17-8-4-2-6-15(17)18/h1-10,13,18,21H,11-12H2,(H,23,25). The molecule has 3 aliphatic carbocycles. The van der Waals surface area contributed by atoms with E-state index in [0.29, 0.717) is 12.5 Å². The predicted octanol–water partition coefficient (Wildman–Crippen LogP) is 4.21. The molecule has 1 amide bonds. The number of benzene rings is 2. The average molecular weight is 374 g/mol. The Hall–Kier alpha value is -3.41. The summed E-state index contributed by atoms with van der Waals surface area (Å²) >= 11 is 0. The summed E-state index contributed by atoms with van der Waals surface area (Å²) in [6, 6.07) is 19.6. The van der Waals surface area contributed by atoms with Crippen LogP contribution in [0.3, 0.4) is 0 Å². The fourth-order valence-electron chi connectivity index (χ4n) is 4.82. The lowest BCUT2D eigenvalue weighted by Gasteiger charge is -2.45. The molecule has 140 valence electrons. The van der Waals surface area contributed by atoms with Crippen LogP contribution in [0.4, 0.5) is 5.88 Å². The molecular formula is C22H18N2O4. The Labute approximate surface area is 161 Å². The maximum absolute atomic E-state index is 12.4. The summed E-state index contributed by atoms with van der Waals surface area (Å²) in [6.07, 6.45) is 0.970. The second-order valence-corrected chi connectivity index (χ2v) is 7.39. The van der Waals surface area contributed by atoms with Crippen molar-refractivity contribution in [3.8, 4) is 0 Å². The van der Waals surface area contributed by atoms with Crippen LogP contribution in [0.2, 0.25) is 0 Å². The van der Waals surface area contributed by atoms with Crippen molar-refractivity contribution in [3.63, 3.8) is 0 Å². The number of nitro groups is 1. The van der Waals surface area contributed by atoms with Gasteiger partial charge >= 0.3 is 5.88 Å². The minimum absolute atomic E-state index is 0.0338. The first-order chi connectivity index (χ1) is 13.6. The van der Waals surface area contributed by atoms with E-state index in [2.05, 4.69) is 53.8 Å². The Kier molecular flexibility index (Phi) is 3.79. The van der Waals surface area contributed by atoms with Gasteiger partial charge in [0.25, 0.3) is 5.91 Å². The van der Waals surface area contributed by atoms with Gasteiger partial charge in [-0.3, -0.25) is 14.9 Å². The summed E-state index contributed by atoms with van der Waals surface area (Å²) in [5.74, 6) is -0.0364. The molecule has 3 aliphatic rings. The van der Waals surface area contributed by atoms with Gasteiger partial charge in [-0.1, -0.05) is 48.5 Å². The monoisotopic (exact) mass is 374 g/mol. The average Bonchev–Trinajstić information content (AvgIpc) is 3.23. The number of nitrogens with one attached hydrogen (secondary N) is 1. The second kappa shape index (κ2) is 6.34. The van der Waals surface area contributed by atoms with Gasteiger partial charge < -0.3 is 9.73 Å². The van der Waals surface area contributed by atoms with Crippen molar-refractivity contribution in [2.45, 2.75) is 18.3 Å². The van der Waals surface area contributed by atoms with Gasteiger partial charge in [-0.25, -0.2) is 0 Å². The van der Waals surface area contributed by atoms with Gasteiger partial charge in [-0.05, 0) is 40.7 Å². The number of rotatable bonds is 4. The Morgan fingerprint density at radius 1 is 1.00 bits per heavy atom. The van der Waals surface area contributed by atoms with Crippen LogP contribution in [-0.4, -0.2) is 17.4 Å². The number of carbonyl (C=O) groups is 1. The third-order valence-electron chi connectivity index (χ3n) is 5.94. The Morgan fingerprint density at radius 3 is 2.18 bits per heavy atom. The van der Waals surface area contributed by atoms with Crippen molar-refractivity contribution >= 4 is 11.8 Å². The fourth-order valence-corrected chi connectivity index (χ4v) is 4.82. The van der Waals surface area contributed by atoms with Crippen molar-refractivity contribution < 1.29 is 14.1 Å². The number of furan rings is 1. The van der Waals surface area contributed by atoms with E-state index in [9.17, 15) is 14.9 Å². The van der Waals surface area contributed by atoms with Crippen LogP contribution < -0.4 is 5.32 Å². The number of carbonyl (C=O) groups excluding carboxylic acids is 1. The highest BCUT2D eigenvalue weighted by molar-refractivity contribution is 5.91. The SMILES string of the molecule is O=C(NCC1CC2c3ccccc3C1c1ccccc12)c1ccc([N+](=O)[O-])o1. The van der Waals surface area contributed by atoms with Crippen LogP contribution in [0.25, 0.3) is 0 Å². The molecule has 2 aromatic carbocycles. The quantitative estimate of drug-likeness (QED) is 0.547. The zero-order chi connectivity index (χ0) is 19.3. The lowest BCUT2D eigenvalue weighted by Crippen LogP contribution is -2.39. The summed E-state index contributed by atoms with van der Waals surface area (Å²) in [4.78, 5) is 22.5. The molecule has 1 atom stereocenters. The lowest BCUT2D eigenvalue weighted by molar-refractivity contribution is -0.402. The van der Waals surface area contributed by atoms with E-state index < -0.39 is 16.7 Å². The van der Waals surface area contributed by atoms with E-state index in [1.54, 1.807) is 0 Å². The number of nitrogens with zero attached hydrogens (tertiary/aromatic N) is 1. The highest BCUT2D eigenvalue weighted by Gasteiger charge is 2.42. The largest absolute Gasteiger partial charge is 0.433 e. The normalized spacial score (nSPS) is 21.6. The maximum atomic E-state index is 12.4. The molecule has 28 heavy (non-hydrogen) atoms. The molecule has 0 fully saturated rings. The summed E-state index contributed by atoms with van der Waals surface area (Å²) in [6.45, 7) is 0.497. The zero-order valence-corrected chi connectivity index (χ0v) is 15.0. The molecule has 0 saturated carbocycles. The van der Waals surface area contributed by atoms with Crippen LogP contribution in [0.15, 0.2) is 65.1 Å². The smallest absolute Gasteiger partial charge is 0.395 e. The first kappa shape index (κ1) is 16.7. The van der Waals surface area contributed by atoms with Gasteiger partial charge in [-0.15, -0.1) is 0 Å². The molecule has 0 radical (unpaired) electrons. The van der Waals surface area contributed by atoms with E-state index in [1.807, 2.05) is 0 Å². The van der Waals surface area contributed by atoms with Crippen molar-refractivity contribution in [1.29, 1.82) is 0 Å². The Morgan fingerprint density at radius 2 is 1.61 bits per heavy atom. The topological polar surface area (TPSA) is 85.4 Å². The van der Waals surface area contributed by atoms with Gasteiger partial charge in [0.2, 0.25) is 0 Å². The van der Waals surface area contributed by atoms with E-state index >= 15 is 0 Å². The molecule has 1 heterocycles. The minimum atomic E-state index is -0.648. The minimum Gasteiger partial charge on any atom is -0.395 e. The number of hydrogen-bond acceptors (Lipinski definition) is 4. The lowest BCUT2D eigenvalue weighted by atomic mass is 9.59. The van der Waals surface area contributed by atoms with E-state index in [4.69, 9.17) is 4.42 Å². The summed E-state index contributed by atoms with van der Waals surface area (Å²) in [5.41, 5.74) is 5.45. The number of amides is 1. The zero-order valence-electron chi connectivity index (χ0n) is 15.0. The van der Waals surface area contributed by atoms with E-state index in [-0.39, 0.29) is 17.6 Å². The fraction of sp³-hybridized carbons (Fsp3) is 0.227. The van der Waals surface area contributed by atoms with Crippen molar-refractivity contribution in [3.05, 3.63) is 98.8 Å². The maximum Gasteiger partial charge on any atom is 0.433 e. The highest BCUT2D eigenvalue weighted by atomic mass is 16.6. The molecule has 1 aromatic heterocycles. The molecule has 1 N–H and O–H groups in total. The Balaban J connectivity index is 1.40. The Bertz CT molecular complexity index is 1040. The molecule has 2 bridgehead atoms. The van der Waals surface area contributed by atoms with Gasteiger partial charge in [0.05, 0.1) is 6.07 Å². The molecule has 6 rings (SSSR count). The number of hydrogen-bond donors (Lipinski definition) is 1. The van der Waals surface area contributed by atoms with Crippen molar-refractivity contribution in [2.24, 2.45) is 5.92 Å².